The van der Waals surface area contributed by atoms with Gasteiger partial charge in [-0.15, -0.1) is 32.9 Å². The number of nitrogens with one attached hydrogen (secondary N) is 1. The molecule has 0 aromatic carbocycles. The first-order valence-electron chi connectivity index (χ1n) is 9.74. The number of hydrogen-bond donors (Lipinski definition) is 1. The first kappa shape index (κ1) is 19.0. The molecule has 5 rings (SSSR count). The molecular weight excluding hydrogens is 424 g/mol. The van der Waals surface area contributed by atoms with Crippen molar-refractivity contribution in [1.82, 2.24) is 20.2 Å². The standard InChI is InChI=1S/C20H20N4O2S3/c1-11(29-20-24-23-18(26-20)12-6-3-2-4-7-12)16-21-17(25)15-13(10-28-19(15)22-16)14-8-5-9-27-14/h5,8-12H,2-4,6-7H2,1H3,(H,21,22,25)/t11-/m1/s1. The van der Waals surface area contributed by atoms with Crippen LogP contribution in [0.1, 0.15) is 61.9 Å². The zero-order valence-electron chi connectivity index (χ0n) is 15.9. The highest BCUT2D eigenvalue weighted by molar-refractivity contribution is 7.99. The Morgan fingerprint density at radius 2 is 2.10 bits per heavy atom. The Kier molecular flexibility index (Phi) is 5.28. The first-order chi connectivity index (χ1) is 14.2. The van der Waals surface area contributed by atoms with Crippen LogP contribution in [-0.4, -0.2) is 20.2 Å². The summed E-state index contributed by atoms with van der Waals surface area (Å²) >= 11 is 4.56. The Labute approximate surface area is 179 Å². The van der Waals surface area contributed by atoms with Crippen molar-refractivity contribution < 1.29 is 4.42 Å². The molecule has 6 nitrogen and oxygen atoms in total. The Morgan fingerprint density at radius 1 is 1.24 bits per heavy atom. The molecule has 4 aromatic heterocycles. The van der Waals surface area contributed by atoms with Crippen LogP contribution in [0.15, 0.2) is 37.3 Å². The van der Waals surface area contributed by atoms with Gasteiger partial charge in [-0.25, -0.2) is 4.98 Å². The smallest absolute Gasteiger partial charge is 0.277 e. The average molecular weight is 445 g/mol. The largest absolute Gasteiger partial charge is 0.416 e. The summed E-state index contributed by atoms with van der Waals surface area (Å²) in [5, 5.41) is 13.6. The van der Waals surface area contributed by atoms with Gasteiger partial charge in [0.25, 0.3) is 10.8 Å². The van der Waals surface area contributed by atoms with E-state index in [4.69, 9.17) is 9.40 Å². The maximum absolute atomic E-state index is 12.8. The van der Waals surface area contributed by atoms with Crippen molar-refractivity contribution in [1.29, 1.82) is 0 Å². The number of H-pyrrole nitrogens is 1. The molecule has 0 radical (unpaired) electrons. The molecule has 1 aliphatic carbocycles. The highest BCUT2D eigenvalue weighted by Crippen LogP contribution is 2.38. The van der Waals surface area contributed by atoms with E-state index in [1.165, 1.54) is 42.4 Å². The summed E-state index contributed by atoms with van der Waals surface area (Å²) in [5.74, 6) is 1.76. The molecule has 1 fully saturated rings. The van der Waals surface area contributed by atoms with Crippen LogP contribution in [-0.2, 0) is 0 Å². The highest BCUT2D eigenvalue weighted by atomic mass is 32.2. The fourth-order valence-electron chi connectivity index (χ4n) is 3.76. The molecule has 1 aliphatic rings. The number of nitrogens with zero attached hydrogens (tertiary/aromatic N) is 3. The van der Waals surface area contributed by atoms with E-state index in [1.807, 2.05) is 29.8 Å². The fourth-order valence-corrected chi connectivity index (χ4v) is 6.28. The van der Waals surface area contributed by atoms with Crippen molar-refractivity contribution in [3.05, 3.63) is 45.0 Å². The molecule has 0 amide bonds. The summed E-state index contributed by atoms with van der Waals surface area (Å²) in [6.45, 7) is 1.99. The molecule has 4 aromatic rings. The van der Waals surface area contributed by atoms with E-state index in [0.29, 0.717) is 22.4 Å². The third-order valence-corrected chi connectivity index (χ3v) is 8.01. The Hall–Kier alpha value is -1.97. The van der Waals surface area contributed by atoms with E-state index >= 15 is 0 Å². The monoisotopic (exact) mass is 444 g/mol. The lowest BCUT2D eigenvalue weighted by atomic mass is 9.89. The van der Waals surface area contributed by atoms with E-state index in [1.54, 1.807) is 11.3 Å². The van der Waals surface area contributed by atoms with Crippen molar-refractivity contribution in [2.45, 2.75) is 55.4 Å². The van der Waals surface area contributed by atoms with Gasteiger partial charge in [-0.3, -0.25) is 4.79 Å². The van der Waals surface area contributed by atoms with Crippen molar-refractivity contribution >= 4 is 44.7 Å². The summed E-state index contributed by atoms with van der Waals surface area (Å²) in [4.78, 5) is 22.3. The van der Waals surface area contributed by atoms with Gasteiger partial charge >= 0.3 is 0 Å². The van der Waals surface area contributed by atoms with Gasteiger partial charge in [0.2, 0.25) is 5.89 Å². The zero-order chi connectivity index (χ0) is 19.8. The molecule has 1 saturated carbocycles. The van der Waals surface area contributed by atoms with E-state index < -0.39 is 0 Å². The molecule has 29 heavy (non-hydrogen) atoms. The average Bonchev–Trinajstić information content (AvgIpc) is 3.49. The van der Waals surface area contributed by atoms with Crippen molar-refractivity contribution in [3.63, 3.8) is 0 Å². The van der Waals surface area contributed by atoms with Crippen molar-refractivity contribution in [2.75, 3.05) is 0 Å². The minimum Gasteiger partial charge on any atom is -0.416 e. The molecular formula is C20H20N4O2S3. The summed E-state index contributed by atoms with van der Waals surface area (Å²) in [5.41, 5.74) is 0.852. The zero-order valence-corrected chi connectivity index (χ0v) is 18.3. The van der Waals surface area contributed by atoms with E-state index in [-0.39, 0.29) is 10.8 Å². The molecule has 0 saturated heterocycles. The van der Waals surface area contributed by atoms with Crippen molar-refractivity contribution in [3.8, 4) is 10.4 Å². The van der Waals surface area contributed by atoms with Crippen molar-refractivity contribution in [2.24, 2.45) is 0 Å². The summed E-state index contributed by atoms with van der Waals surface area (Å²) in [7, 11) is 0. The third kappa shape index (κ3) is 3.78. The quantitative estimate of drug-likeness (QED) is 0.380. The van der Waals surface area contributed by atoms with E-state index in [9.17, 15) is 4.79 Å². The van der Waals surface area contributed by atoms with Gasteiger partial charge in [0.15, 0.2) is 0 Å². The van der Waals surface area contributed by atoms with Crippen LogP contribution in [0, 0.1) is 0 Å². The van der Waals surface area contributed by atoms with Crippen LogP contribution < -0.4 is 5.56 Å². The van der Waals surface area contributed by atoms with Crippen LogP contribution in [0.5, 0.6) is 0 Å². The second-order valence-corrected chi connectivity index (χ2v) is 10.4. The Morgan fingerprint density at radius 3 is 2.90 bits per heavy atom. The van der Waals surface area contributed by atoms with Gasteiger partial charge in [0.1, 0.15) is 10.7 Å². The lowest BCUT2D eigenvalue weighted by molar-refractivity contribution is 0.334. The number of thioether (sulfide) groups is 1. The molecule has 1 N–H and O–H groups in total. The van der Waals surface area contributed by atoms with E-state index in [0.717, 1.165) is 34.0 Å². The van der Waals surface area contributed by atoms with Gasteiger partial charge < -0.3 is 9.40 Å². The van der Waals surface area contributed by atoms with Gasteiger partial charge in [-0.2, -0.15) is 0 Å². The number of hydrogen-bond acceptors (Lipinski definition) is 8. The second kappa shape index (κ2) is 8.04. The third-order valence-electron chi connectivity index (χ3n) is 5.29. The summed E-state index contributed by atoms with van der Waals surface area (Å²) in [6.07, 6.45) is 6.00. The summed E-state index contributed by atoms with van der Waals surface area (Å²) < 4.78 is 5.91. The molecule has 0 spiro atoms. The minimum absolute atomic E-state index is 0.0981. The van der Waals surface area contributed by atoms with Crippen LogP contribution in [0.25, 0.3) is 20.7 Å². The number of aromatic amines is 1. The predicted molar refractivity (Wildman–Crippen MR) is 118 cm³/mol. The van der Waals surface area contributed by atoms with Crippen LogP contribution in [0.4, 0.5) is 0 Å². The SMILES string of the molecule is C[C@@H](Sc1nnc(C2CCCCC2)o1)c1nc2scc(-c3cccs3)c2c(=O)[nH]1. The van der Waals surface area contributed by atoms with Crippen LogP contribution >= 0.6 is 34.4 Å². The van der Waals surface area contributed by atoms with Crippen LogP contribution in [0.2, 0.25) is 0 Å². The van der Waals surface area contributed by atoms with Gasteiger partial charge in [-0.1, -0.05) is 37.1 Å². The minimum atomic E-state index is -0.101. The van der Waals surface area contributed by atoms with Gasteiger partial charge in [0.05, 0.1) is 10.6 Å². The molecule has 4 heterocycles. The van der Waals surface area contributed by atoms with E-state index in [2.05, 4.69) is 15.2 Å². The highest BCUT2D eigenvalue weighted by Gasteiger charge is 2.23. The Bertz CT molecular complexity index is 1170. The molecule has 0 unspecified atom stereocenters. The number of thiophene rings is 2. The number of aromatic nitrogens is 4. The molecule has 0 aliphatic heterocycles. The molecule has 9 heteroatoms. The lowest BCUT2D eigenvalue weighted by Gasteiger charge is -2.17. The van der Waals surface area contributed by atoms with Gasteiger partial charge in [0, 0.05) is 21.7 Å². The first-order valence-corrected chi connectivity index (χ1v) is 12.4. The second-order valence-electron chi connectivity index (χ2n) is 7.26. The van der Waals surface area contributed by atoms with Crippen LogP contribution in [0.3, 0.4) is 0 Å². The predicted octanol–water partition coefficient (Wildman–Crippen LogP) is 6.00. The number of fused-ring (bicyclic) bond motifs is 1. The number of rotatable bonds is 5. The summed E-state index contributed by atoms with van der Waals surface area (Å²) in [6, 6.07) is 4.02. The maximum Gasteiger partial charge on any atom is 0.277 e. The molecule has 150 valence electrons. The molecule has 1 atom stereocenters. The normalized spacial score (nSPS) is 16.4. The maximum atomic E-state index is 12.8. The fraction of sp³-hybridized carbons (Fsp3) is 0.400. The lowest BCUT2D eigenvalue weighted by Crippen LogP contribution is -2.12. The topological polar surface area (TPSA) is 84.7 Å². The Balaban J connectivity index is 1.38. The molecule has 0 bridgehead atoms. The van der Waals surface area contributed by atoms with Gasteiger partial charge in [-0.05, 0) is 31.2 Å².